The molecule has 0 N–H and O–H groups in total. The Morgan fingerprint density at radius 1 is 1.09 bits per heavy atom. The third-order valence-electron chi connectivity index (χ3n) is 2.99. The second-order valence-corrected chi connectivity index (χ2v) is 4.73. The van der Waals surface area contributed by atoms with E-state index in [0.717, 1.165) is 16.9 Å². The van der Waals surface area contributed by atoms with Gasteiger partial charge in [0.25, 0.3) is 0 Å². The summed E-state index contributed by atoms with van der Waals surface area (Å²) in [5.41, 5.74) is 1.94. The maximum atomic E-state index is 11.1. The summed E-state index contributed by atoms with van der Waals surface area (Å²) >= 11 is 0. The van der Waals surface area contributed by atoms with Gasteiger partial charge in [-0.2, -0.15) is 0 Å². The van der Waals surface area contributed by atoms with Crippen molar-refractivity contribution in [2.45, 2.75) is 26.6 Å². The van der Waals surface area contributed by atoms with Gasteiger partial charge in [0, 0.05) is 12.5 Å². The van der Waals surface area contributed by atoms with E-state index < -0.39 is 6.10 Å². The highest BCUT2D eigenvalue weighted by Gasteiger charge is 2.11. The summed E-state index contributed by atoms with van der Waals surface area (Å²) in [5.74, 6) is 6.06. The Kier molecular flexibility index (Phi) is 5.62. The van der Waals surface area contributed by atoms with Crippen molar-refractivity contribution in [3.05, 3.63) is 65.7 Å². The van der Waals surface area contributed by atoms with Gasteiger partial charge in [-0.05, 0) is 24.6 Å². The maximum absolute atomic E-state index is 11.1. The van der Waals surface area contributed by atoms with E-state index in [1.54, 1.807) is 6.92 Å². The molecule has 0 heterocycles. The topological polar surface area (TPSA) is 35.5 Å². The van der Waals surface area contributed by atoms with Crippen molar-refractivity contribution in [1.29, 1.82) is 0 Å². The molecule has 0 fully saturated rings. The SMILES string of the molecule is CC#CC(OC(C)=O)c1ccc(OCc2ccccc2)cc1. The molecule has 0 saturated heterocycles. The summed E-state index contributed by atoms with van der Waals surface area (Å²) < 4.78 is 10.9. The second-order valence-electron chi connectivity index (χ2n) is 4.73. The predicted octanol–water partition coefficient (Wildman–Crippen LogP) is 3.89. The smallest absolute Gasteiger partial charge is 0.304 e. The van der Waals surface area contributed by atoms with Crippen molar-refractivity contribution in [2.75, 3.05) is 0 Å². The Bertz CT molecular complexity index is 663. The van der Waals surface area contributed by atoms with Crippen molar-refractivity contribution in [1.82, 2.24) is 0 Å². The van der Waals surface area contributed by atoms with Crippen LogP contribution in [0.2, 0.25) is 0 Å². The number of carbonyl (C=O) groups is 1. The van der Waals surface area contributed by atoms with Crippen LogP contribution in [-0.2, 0) is 16.1 Å². The average Bonchev–Trinajstić information content (AvgIpc) is 2.54. The van der Waals surface area contributed by atoms with Crippen LogP contribution >= 0.6 is 0 Å². The number of hydrogen-bond donors (Lipinski definition) is 0. The van der Waals surface area contributed by atoms with Gasteiger partial charge in [0.1, 0.15) is 12.4 Å². The molecule has 2 rings (SSSR count). The lowest BCUT2D eigenvalue weighted by Crippen LogP contribution is -2.06. The van der Waals surface area contributed by atoms with E-state index in [1.165, 1.54) is 6.92 Å². The molecule has 112 valence electrons. The molecule has 2 aromatic carbocycles. The molecule has 0 bridgehead atoms. The van der Waals surface area contributed by atoms with Crippen LogP contribution in [0.15, 0.2) is 54.6 Å². The quantitative estimate of drug-likeness (QED) is 0.620. The zero-order valence-corrected chi connectivity index (χ0v) is 12.7. The molecule has 3 nitrogen and oxygen atoms in total. The fourth-order valence-electron chi connectivity index (χ4n) is 1.96. The Hall–Kier alpha value is -2.73. The molecule has 0 aliphatic heterocycles. The number of ether oxygens (including phenoxy) is 2. The third-order valence-corrected chi connectivity index (χ3v) is 2.99. The van der Waals surface area contributed by atoms with Crippen LogP contribution in [0.3, 0.4) is 0 Å². The molecular formula is C19H18O3. The number of rotatable bonds is 5. The van der Waals surface area contributed by atoms with E-state index >= 15 is 0 Å². The molecule has 0 spiro atoms. The number of hydrogen-bond acceptors (Lipinski definition) is 3. The fourth-order valence-corrected chi connectivity index (χ4v) is 1.96. The Labute approximate surface area is 130 Å². The largest absolute Gasteiger partial charge is 0.489 e. The fraction of sp³-hybridized carbons (Fsp3) is 0.211. The molecule has 3 heteroatoms. The van der Waals surface area contributed by atoms with Crippen molar-refractivity contribution < 1.29 is 14.3 Å². The summed E-state index contributed by atoms with van der Waals surface area (Å²) in [6.07, 6.45) is -0.536. The first-order chi connectivity index (χ1) is 10.7. The normalized spacial score (nSPS) is 11.0. The summed E-state index contributed by atoms with van der Waals surface area (Å²) in [5, 5.41) is 0. The van der Waals surface area contributed by atoms with Gasteiger partial charge in [-0.3, -0.25) is 4.79 Å². The average molecular weight is 294 g/mol. The van der Waals surface area contributed by atoms with Crippen molar-refractivity contribution >= 4 is 5.97 Å². The molecule has 0 amide bonds. The lowest BCUT2D eigenvalue weighted by molar-refractivity contribution is -0.144. The molecule has 2 aromatic rings. The van der Waals surface area contributed by atoms with E-state index in [0.29, 0.717) is 6.61 Å². The van der Waals surface area contributed by atoms with E-state index in [9.17, 15) is 4.79 Å². The Morgan fingerprint density at radius 2 is 1.77 bits per heavy atom. The van der Waals surface area contributed by atoms with E-state index in [2.05, 4.69) is 11.8 Å². The van der Waals surface area contributed by atoms with Crippen LogP contribution < -0.4 is 4.74 Å². The van der Waals surface area contributed by atoms with Gasteiger partial charge >= 0.3 is 5.97 Å². The highest BCUT2D eigenvalue weighted by Crippen LogP contribution is 2.21. The van der Waals surface area contributed by atoms with Crippen LogP contribution in [0.25, 0.3) is 0 Å². The first-order valence-corrected chi connectivity index (χ1v) is 7.05. The maximum Gasteiger partial charge on any atom is 0.304 e. The van der Waals surface area contributed by atoms with Gasteiger partial charge in [-0.1, -0.05) is 48.4 Å². The lowest BCUT2D eigenvalue weighted by atomic mass is 10.1. The van der Waals surface area contributed by atoms with Crippen LogP contribution in [0.4, 0.5) is 0 Å². The molecule has 0 aliphatic carbocycles. The van der Waals surface area contributed by atoms with Crippen molar-refractivity contribution in [3.63, 3.8) is 0 Å². The van der Waals surface area contributed by atoms with E-state index in [4.69, 9.17) is 9.47 Å². The number of esters is 1. The van der Waals surface area contributed by atoms with Crippen LogP contribution in [0.1, 0.15) is 31.1 Å². The highest BCUT2D eigenvalue weighted by molar-refractivity contribution is 5.66. The summed E-state index contributed by atoms with van der Waals surface area (Å²) in [6, 6.07) is 17.4. The minimum absolute atomic E-state index is 0.350. The van der Waals surface area contributed by atoms with Gasteiger partial charge in [0.15, 0.2) is 6.10 Å². The monoisotopic (exact) mass is 294 g/mol. The van der Waals surface area contributed by atoms with E-state index in [1.807, 2.05) is 54.6 Å². The minimum Gasteiger partial charge on any atom is -0.489 e. The number of carbonyl (C=O) groups excluding carboxylic acids is 1. The van der Waals surface area contributed by atoms with E-state index in [-0.39, 0.29) is 5.97 Å². The van der Waals surface area contributed by atoms with Gasteiger partial charge in [0.05, 0.1) is 0 Å². The number of benzene rings is 2. The van der Waals surface area contributed by atoms with Crippen LogP contribution in [0, 0.1) is 11.8 Å². The summed E-state index contributed by atoms with van der Waals surface area (Å²) in [6.45, 7) is 3.61. The molecule has 1 atom stereocenters. The predicted molar refractivity (Wildman–Crippen MR) is 85.2 cm³/mol. The zero-order chi connectivity index (χ0) is 15.8. The van der Waals surface area contributed by atoms with Gasteiger partial charge < -0.3 is 9.47 Å². The van der Waals surface area contributed by atoms with Crippen LogP contribution in [0.5, 0.6) is 5.75 Å². The van der Waals surface area contributed by atoms with Crippen molar-refractivity contribution in [3.8, 4) is 17.6 Å². The summed E-state index contributed by atoms with van der Waals surface area (Å²) in [7, 11) is 0. The third kappa shape index (κ3) is 4.68. The van der Waals surface area contributed by atoms with Gasteiger partial charge in [-0.25, -0.2) is 0 Å². The Balaban J connectivity index is 2.02. The van der Waals surface area contributed by atoms with Crippen LogP contribution in [-0.4, -0.2) is 5.97 Å². The van der Waals surface area contributed by atoms with Crippen molar-refractivity contribution in [2.24, 2.45) is 0 Å². The molecule has 1 unspecified atom stereocenters. The molecule has 0 saturated carbocycles. The van der Waals surface area contributed by atoms with Gasteiger partial charge in [-0.15, -0.1) is 5.92 Å². The Morgan fingerprint density at radius 3 is 2.36 bits per heavy atom. The first-order valence-electron chi connectivity index (χ1n) is 7.05. The molecule has 0 radical (unpaired) electrons. The lowest BCUT2D eigenvalue weighted by Gasteiger charge is -2.12. The molecule has 0 aliphatic rings. The molecule has 22 heavy (non-hydrogen) atoms. The zero-order valence-electron chi connectivity index (χ0n) is 12.7. The summed E-state index contributed by atoms with van der Waals surface area (Å²) in [4.78, 5) is 11.1. The first kappa shape index (κ1) is 15.7. The molecule has 0 aromatic heterocycles. The highest BCUT2D eigenvalue weighted by atomic mass is 16.5. The minimum atomic E-state index is -0.536. The van der Waals surface area contributed by atoms with Gasteiger partial charge in [0.2, 0.25) is 0 Å². The molecular weight excluding hydrogens is 276 g/mol. The standard InChI is InChI=1S/C19H18O3/c1-3-7-19(22-15(2)20)17-10-12-18(13-11-17)21-14-16-8-5-4-6-9-16/h4-6,8-13,19H,14H2,1-2H3. The second kappa shape index (κ2) is 7.90.